The van der Waals surface area contributed by atoms with Crippen LogP contribution in [0.25, 0.3) is 0 Å². The first-order chi connectivity index (χ1) is 9.25. The minimum atomic E-state index is -0.285. The Balaban J connectivity index is 2.00. The van der Waals surface area contributed by atoms with Gasteiger partial charge in [0.15, 0.2) is 0 Å². The fourth-order valence-electron chi connectivity index (χ4n) is 2.11. The van der Waals surface area contributed by atoms with Crippen molar-refractivity contribution in [2.75, 3.05) is 18.1 Å². The van der Waals surface area contributed by atoms with Crippen molar-refractivity contribution in [2.24, 2.45) is 0 Å². The maximum atomic E-state index is 12.4. The summed E-state index contributed by atoms with van der Waals surface area (Å²) in [6.45, 7) is 0.925. The first-order valence-corrected chi connectivity index (χ1v) is 5.98. The highest BCUT2D eigenvalue weighted by atomic mass is 16.5. The molecule has 1 aliphatic rings. The lowest BCUT2D eigenvalue weighted by Gasteiger charge is -2.29. The van der Waals surface area contributed by atoms with E-state index in [4.69, 9.17) is 4.74 Å². The van der Waals surface area contributed by atoms with Gasteiger partial charge in [-0.3, -0.25) is 9.59 Å². The molecule has 0 aliphatic carbocycles. The number of amides is 1. The largest absolute Gasteiger partial charge is 0.490 e. The molecule has 3 rings (SSSR count). The third kappa shape index (κ3) is 2.10. The molecule has 5 nitrogen and oxygen atoms in total. The number of benzene rings is 1. The number of pyridine rings is 1. The van der Waals surface area contributed by atoms with Crippen LogP contribution >= 0.6 is 0 Å². The van der Waals surface area contributed by atoms with E-state index in [1.165, 1.54) is 12.3 Å². The first-order valence-electron chi connectivity index (χ1n) is 5.98. The molecule has 0 spiro atoms. The van der Waals surface area contributed by atoms with Crippen LogP contribution in [0.3, 0.4) is 0 Å². The van der Waals surface area contributed by atoms with Crippen molar-refractivity contribution in [3.05, 3.63) is 58.5 Å². The van der Waals surface area contributed by atoms with Gasteiger partial charge in [-0.15, -0.1) is 0 Å². The number of hydrogen-bond acceptors (Lipinski definition) is 3. The molecule has 0 saturated carbocycles. The molecule has 0 atom stereocenters. The SMILES string of the molecule is O=C(c1cc[nH]c(=O)c1)N1CCOc2ccccc21. The molecule has 2 aromatic rings. The summed E-state index contributed by atoms with van der Waals surface area (Å²) in [4.78, 5) is 27.8. The molecular weight excluding hydrogens is 244 g/mol. The molecular formula is C14H12N2O3. The van der Waals surface area contributed by atoms with Crippen molar-refractivity contribution in [2.45, 2.75) is 0 Å². The number of nitrogens with zero attached hydrogens (tertiary/aromatic N) is 1. The van der Waals surface area contributed by atoms with Crippen molar-refractivity contribution in [1.29, 1.82) is 0 Å². The van der Waals surface area contributed by atoms with E-state index in [0.717, 1.165) is 5.69 Å². The Kier molecular flexibility index (Phi) is 2.79. The number of carbonyl (C=O) groups excluding carboxylic acids is 1. The molecule has 0 unspecified atom stereocenters. The van der Waals surface area contributed by atoms with Gasteiger partial charge in [0.25, 0.3) is 5.91 Å². The zero-order valence-electron chi connectivity index (χ0n) is 10.1. The minimum absolute atomic E-state index is 0.193. The van der Waals surface area contributed by atoms with Gasteiger partial charge in [-0.1, -0.05) is 12.1 Å². The Morgan fingerprint density at radius 1 is 1.26 bits per heavy atom. The number of anilines is 1. The van der Waals surface area contributed by atoms with Gasteiger partial charge in [0.2, 0.25) is 5.56 Å². The number of fused-ring (bicyclic) bond motifs is 1. The van der Waals surface area contributed by atoms with E-state index in [0.29, 0.717) is 24.5 Å². The number of ether oxygens (including phenoxy) is 1. The van der Waals surface area contributed by atoms with Crippen LogP contribution in [0.1, 0.15) is 10.4 Å². The van der Waals surface area contributed by atoms with E-state index in [9.17, 15) is 9.59 Å². The van der Waals surface area contributed by atoms with E-state index in [-0.39, 0.29) is 11.5 Å². The molecule has 96 valence electrons. The maximum Gasteiger partial charge on any atom is 0.258 e. The van der Waals surface area contributed by atoms with Crippen molar-refractivity contribution in [3.8, 4) is 5.75 Å². The monoisotopic (exact) mass is 256 g/mol. The Labute approximate surface area is 109 Å². The minimum Gasteiger partial charge on any atom is -0.490 e. The Morgan fingerprint density at radius 3 is 2.95 bits per heavy atom. The fourth-order valence-corrected chi connectivity index (χ4v) is 2.11. The molecule has 0 bridgehead atoms. The normalized spacial score (nSPS) is 13.6. The Hall–Kier alpha value is -2.56. The van der Waals surface area contributed by atoms with Gasteiger partial charge in [-0.2, -0.15) is 0 Å². The zero-order chi connectivity index (χ0) is 13.2. The van der Waals surface area contributed by atoms with Crippen molar-refractivity contribution in [1.82, 2.24) is 4.98 Å². The van der Waals surface area contributed by atoms with Crippen LogP contribution in [0.15, 0.2) is 47.4 Å². The highest BCUT2D eigenvalue weighted by molar-refractivity contribution is 6.07. The second-order valence-electron chi connectivity index (χ2n) is 4.21. The number of aromatic amines is 1. The summed E-state index contributed by atoms with van der Waals surface area (Å²) >= 11 is 0. The highest BCUT2D eigenvalue weighted by Crippen LogP contribution is 2.31. The molecule has 0 fully saturated rings. The Morgan fingerprint density at radius 2 is 2.11 bits per heavy atom. The summed E-state index contributed by atoms with van der Waals surface area (Å²) in [7, 11) is 0. The van der Waals surface area contributed by atoms with Crippen LogP contribution in [-0.2, 0) is 0 Å². The summed E-state index contributed by atoms with van der Waals surface area (Å²) in [5.74, 6) is 0.494. The van der Waals surface area contributed by atoms with E-state index in [2.05, 4.69) is 4.98 Å². The third-order valence-corrected chi connectivity index (χ3v) is 3.00. The molecule has 1 aromatic carbocycles. The summed E-state index contributed by atoms with van der Waals surface area (Å²) < 4.78 is 5.50. The van der Waals surface area contributed by atoms with Gasteiger partial charge in [0.05, 0.1) is 12.2 Å². The van der Waals surface area contributed by atoms with Gasteiger partial charge in [-0.05, 0) is 18.2 Å². The predicted octanol–water partition coefficient (Wildman–Crippen LogP) is 1.41. The number of carbonyl (C=O) groups is 1. The van der Waals surface area contributed by atoms with Crippen molar-refractivity contribution >= 4 is 11.6 Å². The molecule has 5 heteroatoms. The Bertz CT molecular complexity index is 678. The van der Waals surface area contributed by atoms with Crippen molar-refractivity contribution in [3.63, 3.8) is 0 Å². The second-order valence-corrected chi connectivity index (χ2v) is 4.21. The topological polar surface area (TPSA) is 62.4 Å². The number of rotatable bonds is 1. The summed E-state index contributed by atoms with van der Waals surface area (Å²) in [5.41, 5.74) is 0.826. The average molecular weight is 256 g/mol. The number of nitrogens with one attached hydrogen (secondary N) is 1. The number of H-pyrrole nitrogens is 1. The lowest BCUT2D eigenvalue weighted by Crippen LogP contribution is -2.38. The zero-order valence-corrected chi connectivity index (χ0v) is 10.1. The summed E-state index contributed by atoms with van der Waals surface area (Å²) in [5, 5.41) is 0. The van der Waals surface area contributed by atoms with E-state index in [1.54, 1.807) is 11.0 Å². The molecule has 1 aromatic heterocycles. The van der Waals surface area contributed by atoms with E-state index < -0.39 is 0 Å². The highest BCUT2D eigenvalue weighted by Gasteiger charge is 2.24. The van der Waals surface area contributed by atoms with E-state index in [1.807, 2.05) is 24.3 Å². The van der Waals surface area contributed by atoms with Gasteiger partial charge < -0.3 is 14.6 Å². The quantitative estimate of drug-likeness (QED) is 0.839. The lowest BCUT2D eigenvalue weighted by molar-refractivity contribution is 0.0976. The number of aromatic nitrogens is 1. The molecule has 0 saturated heterocycles. The van der Waals surface area contributed by atoms with Crippen LogP contribution < -0.4 is 15.2 Å². The maximum absolute atomic E-state index is 12.4. The van der Waals surface area contributed by atoms with Crippen LogP contribution in [0.2, 0.25) is 0 Å². The molecule has 19 heavy (non-hydrogen) atoms. The summed E-state index contributed by atoms with van der Waals surface area (Å²) in [6, 6.07) is 10.3. The van der Waals surface area contributed by atoms with Gasteiger partial charge >= 0.3 is 0 Å². The summed E-state index contributed by atoms with van der Waals surface area (Å²) in [6.07, 6.45) is 1.47. The molecule has 0 radical (unpaired) electrons. The van der Waals surface area contributed by atoms with Gasteiger partial charge in [0.1, 0.15) is 12.4 Å². The fraction of sp³-hybridized carbons (Fsp3) is 0.143. The van der Waals surface area contributed by atoms with Crippen molar-refractivity contribution < 1.29 is 9.53 Å². The third-order valence-electron chi connectivity index (χ3n) is 3.00. The average Bonchev–Trinajstić information content (AvgIpc) is 2.46. The van der Waals surface area contributed by atoms with Crippen LogP contribution in [0, 0.1) is 0 Å². The second kappa shape index (κ2) is 4.61. The van der Waals surface area contributed by atoms with Crippen LogP contribution in [0.4, 0.5) is 5.69 Å². The standard InChI is InChI=1S/C14H12N2O3/c17-13-9-10(5-6-15-13)14(18)16-7-8-19-12-4-2-1-3-11(12)16/h1-6,9H,7-8H2,(H,15,17). The molecule has 1 amide bonds. The van der Waals surface area contributed by atoms with Crippen LogP contribution in [0.5, 0.6) is 5.75 Å². The first kappa shape index (κ1) is 11.5. The van der Waals surface area contributed by atoms with Crippen LogP contribution in [-0.4, -0.2) is 24.0 Å². The smallest absolute Gasteiger partial charge is 0.258 e. The van der Waals surface area contributed by atoms with Gasteiger partial charge in [-0.25, -0.2) is 0 Å². The van der Waals surface area contributed by atoms with E-state index >= 15 is 0 Å². The predicted molar refractivity (Wildman–Crippen MR) is 70.7 cm³/mol. The number of hydrogen-bond donors (Lipinski definition) is 1. The molecule has 1 N–H and O–H groups in total. The molecule has 2 heterocycles. The molecule has 1 aliphatic heterocycles. The van der Waals surface area contributed by atoms with Gasteiger partial charge in [0, 0.05) is 17.8 Å². The number of para-hydroxylation sites is 2. The lowest BCUT2D eigenvalue weighted by atomic mass is 10.2.